The van der Waals surface area contributed by atoms with Crippen LogP contribution in [0.3, 0.4) is 0 Å². The van der Waals surface area contributed by atoms with Crippen LogP contribution >= 0.6 is 0 Å². The molecule has 2 aromatic carbocycles. The van der Waals surface area contributed by atoms with Crippen molar-refractivity contribution >= 4 is 23.2 Å². The van der Waals surface area contributed by atoms with Gasteiger partial charge in [0.25, 0.3) is 0 Å². The fourth-order valence-electron chi connectivity index (χ4n) is 2.47. The zero-order chi connectivity index (χ0) is 17.5. The van der Waals surface area contributed by atoms with Crippen LogP contribution in [0.4, 0.5) is 15.8 Å². The zero-order valence-electron chi connectivity index (χ0n) is 13.9. The predicted molar refractivity (Wildman–Crippen MR) is 93.5 cm³/mol. The zero-order valence-corrected chi connectivity index (χ0v) is 13.9. The first-order valence-corrected chi connectivity index (χ1v) is 7.99. The molecule has 0 aromatic heterocycles. The van der Waals surface area contributed by atoms with Crippen molar-refractivity contribution in [1.82, 2.24) is 0 Å². The molecule has 0 saturated heterocycles. The van der Waals surface area contributed by atoms with Gasteiger partial charge in [0, 0.05) is 11.4 Å². The van der Waals surface area contributed by atoms with Crippen molar-refractivity contribution in [2.75, 3.05) is 10.6 Å². The number of carbonyl (C=O) groups is 2. The summed E-state index contributed by atoms with van der Waals surface area (Å²) in [5, 5.41) is 5.42. The highest BCUT2D eigenvalue weighted by molar-refractivity contribution is 6.08. The molecule has 0 saturated carbocycles. The van der Waals surface area contributed by atoms with Gasteiger partial charge in [0.1, 0.15) is 12.2 Å². The van der Waals surface area contributed by atoms with Crippen molar-refractivity contribution in [3.8, 4) is 0 Å². The summed E-state index contributed by atoms with van der Waals surface area (Å²) in [5.41, 5.74) is 3.34. The van der Waals surface area contributed by atoms with Gasteiger partial charge in [0.05, 0.1) is 0 Å². The predicted octanol–water partition coefficient (Wildman–Crippen LogP) is 3.92. The number of halogens is 1. The Hall–Kier alpha value is -2.69. The van der Waals surface area contributed by atoms with Crippen LogP contribution in [0.2, 0.25) is 0 Å². The Balaban J connectivity index is 2.00. The van der Waals surface area contributed by atoms with Gasteiger partial charge in [-0.25, -0.2) is 4.39 Å². The van der Waals surface area contributed by atoms with Crippen LogP contribution in [0.25, 0.3) is 0 Å². The third-order valence-electron chi connectivity index (χ3n) is 3.71. The van der Waals surface area contributed by atoms with E-state index in [-0.39, 0.29) is 18.1 Å². The number of hydrogen-bond acceptors (Lipinski definition) is 2. The summed E-state index contributed by atoms with van der Waals surface area (Å²) in [5.74, 6) is -1.19. The van der Waals surface area contributed by atoms with Crippen molar-refractivity contribution in [2.24, 2.45) is 0 Å². The van der Waals surface area contributed by atoms with E-state index in [0.29, 0.717) is 5.69 Å². The normalized spacial score (nSPS) is 10.3. The first-order valence-electron chi connectivity index (χ1n) is 7.99. The molecule has 0 aliphatic heterocycles. The van der Waals surface area contributed by atoms with Crippen LogP contribution in [0, 0.1) is 5.82 Å². The number of amides is 2. The van der Waals surface area contributed by atoms with Crippen LogP contribution in [0.1, 0.15) is 31.4 Å². The Morgan fingerprint density at radius 2 is 1.42 bits per heavy atom. The lowest BCUT2D eigenvalue weighted by atomic mass is 10.0. The number of nitrogens with one attached hydrogen (secondary N) is 2. The Morgan fingerprint density at radius 1 is 0.875 bits per heavy atom. The van der Waals surface area contributed by atoms with Crippen LogP contribution in [-0.4, -0.2) is 11.8 Å². The highest BCUT2D eigenvalue weighted by Gasteiger charge is 2.13. The van der Waals surface area contributed by atoms with Crippen molar-refractivity contribution < 1.29 is 14.0 Å². The van der Waals surface area contributed by atoms with E-state index in [1.54, 1.807) is 0 Å². The summed E-state index contributed by atoms with van der Waals surface area (Å²) in [6.45, 7) is 4.04. The van der Waals surface area contributed by atoms with E-state index in [0.717, 1.165) is 29.7 Å². The van der Waals surface area contributed by atoms with Crippen molar-refractivity contribution in [3.05, 3.63) is 59.4 Å². The van der Waals surface area contributed by atoms with E-state index in [9.17, 15) is 14.0 Å². The molecule has 0 aliphatic carbocycles. The van der Waals surface area contributed by atoms with E-state index in [4.69, 9.17) is 0 Å². The molecule has 0 heterocycles. The van der Waals surface area contributed by atoms with Gasteiger partial charge >= 0.3 is 0 Å². The molecular weight excluding hydrogens is 307 g/mol. The number of aryl methyl sites for hydroxylation is 2. The molecule has 0 atom stereocenters. The number of anilines is 2. The molecule has 0 aliphatic rings. The second-order valence-electron chi connectivity index (χ2n) is 5.44. The standard InChI is InChI=1S/C19H21FN2O2/c1-3-13-6-5-7-14(4-2)19(13)22-18(24)12-17(23)21-16-10-8-15(20)9-11-16/h5-11H,3-4,12H2,1-2H3,(H,21,23)(H,22,24). The molecule has 0 fully saturated rings. The highest BCUT2D eigenvalue weighted by atomic mass is 19.1. The Bertz CT molecular complexity index is 704. The Labute approximate surface area is 141 Å². The molecule has 2 rings (SSSR count). The van der Waals surface area contributed by atoms with Crippen molar-refractivity contribution in [1.29, 1.82) is 0 Å². The molecule has 2 aromatic rings. The topological polar surface area (TPSA) is 58.2 Å². The highest BCUT2D eigenvalue weighted by Crippen LogP contribution is 2.22. The molecule has 4 nitrogen and oxygen atoms in total. The van der Waals surface area contributed by atoms with Gasteiger partial charge in [-0.2, -0.15) is 0 Å². The lowest BCUT2D eigenvalue weighted by Crippen LogP contribution is -2.22. The summed E-state index contributed by atoms with van der Waals surface area (Å²) in [6.07, 6.45) is 1.30. The maximum Gasteiger partial charge on any atom is 0.233 e. The quantitative estimate of drug-likeness (QED) is 0.790. The minimum Gasteiger partial charge on any atom is -0.326 e. The molecule has 0 radical (unpaired) electrons. The third kappa shape index (κ3) is 4.65. The van der Waals surface area contributed by atoms with Gasteiger partial charge in [-0.3, -0.25) is 9.59 Å². The molecule has 126 valence electrons. The third-order valence-corrected chi connectivity index (χ3v) is 3.71. The van der Waals surface area contributed by atoms with E-state index >= 15 is 0 Å². The maximum atomic E-state index is 12.8. The minimum absolute atomic E-state index is 0.293. The van der Waals surface area contributed by atoms with Gasteiger partial charge in [0.15, 0.2) is 0 Å². The second kappa shape index (κ2) is 8.24. The van der Waals surface area contributed by atoms with Crippen LogP contribution < -0.4 is 10.6 Å². The fraction of sp³-hybridized carbons (Fsp3) is 0.263. The summed E-state index contributed by atoms with van der Waals surface area (Å²) in [7, 11) is 0. The number of hydrogen-bond donors (Lipinski definition) is 2. The summed E-state index contributed by atoms with van der Waals surface area (Å²) in [4.78, 5) is 24.1. The number of carbonyl (C=O) groups excluding carboxylic acids is 2. The summed E-state index contributed by atoms with van der Waals surface area (Å²) < 4.78 is 12.8. The molecule has 0 bridgehead atoms. The molecule has 5 heteroatoms. The van der Waals surface area contributed by atoms with Crippen LogP contribution in [-0.2, 0) is 22.4 Å². The Kier molecular flexibility index (Phi) is 6.07. The molecule has 0 unspecified atom stereocenters. The fourth-order valence-corrected chi connectivity index (χ4v) is 2.47. The van der Waals surface area contributed by atoms with E-state index in [1.165, 1.54) is 24.3 Å². The summed E-state index contributed by atoms with van der Waals surface area (Å²) in [6, 6.07) is 11.3. The van der Waals surface area contributed by atoms with Crippen molar-refractivity contribution in [2.45, 2.75) is 33.1 Å². The van der Waals surface area contributed by atoms with Crippen molar-refractivity contribution in [3.63, 3.8) is 0 Å². The van der Waals surface area contributed by atoms with Crippen LogP contribution in [0.15, 0.2) is 42.5 Å². The van der Waals surface area contributed by atoms with Gasteiger partial charge in [-0.1, -0.05) is 32.0 Å². The average Bonchev–Trinajstić information content (AvgIpc) is 2.57. The summed E-state index contributed by atoms with van der Waals surface area (Å²) >= 11 is 0. The number of benzene rings is 2. The molecular formula is C19H21FN2O2. The lowest BCUT2D eigenvalue weighted by Gasteiger charge is -2.14. The van der Waals surface area contributed by atoms with Gasteiger partial charge in [-0.15, -0.1) is 0 Å². The molecule has 24 heavy (non-hydrogen) atoms. The largest absolute Gasteiger partial charge is 0.326 e. The first kappa shape index (κ1) is 17.7. The second-order valence-corrected chi connectivity index (χ2v) is 5.44. The number of rotatable bonds is 6. The first-order chi connectivity index (χ1) is 11.5. The monoisotopic (exact) mass is 328 g/mol. The maximum absolute atomic E-state index is 12.8. The Morgan fingerprint density at radius 3 is 1.96 bits per heavy atom. The van der Waals surface area contributed by atoms with E-state index in [1.807, 2.05) is 32.0 Å². The average molecular weight is 328 g/mol. The minimum atomic E-state index is -0.439. The SMILES string of the molecule is CCc1cccc(CC)c1NC(=O)CC(=O)Nc1ccc(F)cc1. The smallest absolute Gasteiger partial charge is 0.233 e. The molecule has 2 amide bonds. The van der Waals surface area contributed by atoms with E-state index < -0.39 is 5.91 Å². The van der Waals surface area contributed by atoms with Gasteiger partial charge in [0.2, 0.25) is 11.8 Å². The van der Waals surface area contributed by atoms with Gasteiger partial charge in [-0.05, 0) is 48.2 Å². The lowest BCUT2D eigenvalue weighted by molar-refractivity contribution is -0.123. The van der Waals surface area contributed by atoms with Crippen LogP contribution in [0.5, 0.6) is 0 Å². The number of para-hydroxylation sites is 1. The molecule has 2 N–H and O–H groups in total. The molecule has 0 spiro atoms. The van der Waals surface area contributed by atoms with Gasteiger partial charge < -0.3 is 10.6 Å². The van der Waals surface area contributed by atoms with E-state index in [2.05, 4.69) is 10.6 Å².